The fourth-order valence-electron chi connectivity index (χ4n) is 1.78. The summed E-state index contributed by atoms with van der Waals surface area (Å²) in [7, 11) is 0. The highest BCUT2D eigenvalue weighted by Crippen LogP contribution is 2.27. The largest absolute Gasteiger partial charge is 0.483 e. The van der Waals surface area contributed by atoms with E-state index in [4.69, 9.17) is 4.74 Å². The summed E-state index contributed by atoms with van der Waals surface area (Å²) in [5, 5.41) is 0. The first-order chi connectivity index (χ1) is 7.58. The van der Waals surface area contributed by atoms with Crippen LogP contribution in [0.2, 0.25) is 0 Å². The molecule has 1 aliphatic rings. The van der Waals surface area contributed by atoms with Crippen LogP contribution in [-0.4, -0.2) is 23.5 Å². The summed E-state index contributed by atoms with van der Waals surface area (Å²) in [4.78, 5) is 13.6. The molecule has 0 aromatic heterocycles. The van der Waals surface area contributed by atoms with E-state index in [0.29, 0.717) is 6.54 Å². The van der Waals surface area contributed by atoms with E-state index in [1.54, 1.807) is 0 Å². The van der Waals surface area contributed by atoms with Crippen LogP contribution < -0.4 is 4.74 Å². The van der Waals surface area contributed by atoms with E-state index in [9.17, 15) is 4.79 Å². The molecule has 1 aliphatic heterocycles. The van der Waals surface area contributed by atoms with E-state index in [0.717, 1.165) is 15.8 Å². The van der Waals surface area contributed by atoms with Crippen LogP contribution in [0, 0.1) is 0 Å². The quantitative estimate of drug-likeness (QED) is 0.793. The van der Waals surface area contributed by atoms with E-state index in [1.807, 2.05) is 36.9 Å². The van der Waals surface area contributed by atoms with Gasteiger partial charge in [-0.2, -0.15) is 0 Å². The molecule has 1 aromatic carbocycles. The normalized spacial score (nSPS) is 15.8. The third-order valence-electron chi connectivity index (χ3n) is 2.66. The number of hydrogen-bond acceptors (Lipinski definition) is 2. The maximum absolute atomic E-state index is 11.8. The average Bonchev–Trinajstić information content (AvgIpc) is 2.38. The van der Waals surface area contributed by atoms with Crippen LogP contribution in [0.25, 0.3) is 0 Å². The zero-order valence-electron chi connectivity index (χ0n) is 9.37. The predicted octanol–water partition coefficient (Wildman–Crippen LogP) is 2.58. The predicted molar refractivity (Wildman–Crippen MR) is 65.3 cm³/mol. The topological polar surface area (TPSA) is 29.5 Å². The number of hydrogen-bond donors (Lipinski definition) is 0. The number of benzene rings is 1. The number of carbonyl (C=O) groups is 1. The van der Waals surface area contributed by atoms with Gasteiger partial charge in [0.15, 0.2) is 6.61 Å². The minimum absolute atomic E-state index is 0.0438. The first-order valence-corrected chi connectivity index (χ1v) is 6.08. The monoisotopic (exact) mass is 283 g/mol. The Morgan fingerprint density at radius 1 is 1.44 bits per heavy atom. The van der Waals surface area contributed by atoms with Gasteiger partial charge in [-0.25, -0.2) is 0 Å². The van der Waals surface area contributed by atoms with Gasteiger partial charge in [0.25, 0.3) is 5.91 Å². The van der Waals surface area contributed by atoms with Crippen molar-refractivity contribution in [2.75, 3.05) is 6.61 Å². The lowest BCUT2D eigenvalue weighted by atomic mass is 10.2. The number of ether oxygens (including phenoxy) is 1. The molecule has 86 valence electrons. The lowest BCUT2D eigenvalue weighted by Crippen LogP contribution is -2.37. The zero-order chi connectivity index (χ0) is 11.7. The Morgan fingerprint density at radius 3 is 2.88 bits per heavy atom. The summed E-state index contributed by atoms with van der Waals surface area (Å²) in [6.07, 6.45) is 0. The molecule has 1 amide bonds. The van der Waals surface area contributed by atoms with Gasteiger partial charge in [0.2, 0.25) is 0 Å². The maximum Gasteiger partial charge on any atom is 0.261 e. The molecule has 1 heterocycles. The molecule has 0 aliphatic carbocycles. The molecule has 0 unspecified atom stereocenters. The molecular formula is C12H14BrNO2. The summed E-state index contributed by atoms with van der Waals surface area (Å²) in [6.45, 7) is 4.78. The molecule has 4 heteroatoms. The molecule has 1 aromatic rings. The number of halogens is 1. The van der Waals surface area contributed by atoms with Crippen LogP contribution in [-0.2, 0) is 11.3 Å². The summed E-state index contributed by atoms with van der Waals surface area (Å²) in [5.74, 6) is 0.849. The highest BCUT2D eigenvalue weighted by Gasteiger charge is 2.23. The number of fused-ring (bicyclic) bond motifs is 1. The van der Waals surface area contributed by atoms with Gasteiger partial charge in [0.1, 0.15) is 5.75 Å². The Morgan fingerprint density at radius 2 is 2.19 bits per heavy atom. The standard InChI is InChI=1S/C12H14BrNO2/c1-8(2)14-6-9-5-10(13)3-4-11(9)16-7-12(14)15/h3-5,8H,6-7H2,1-2H3. The number of amides is 1. The van der Waals surface area contributed by atoms with E-state index in [-0.39, 0.29) is 18.6 Å². The van der Waals surface area contributed by atoms with E-state index in [1.165, 1.54) is 0 Å². The number of rotatable bonds is 1. The number of carbonyl (C=O) groups excluding carboxylic acids is 1. The van der Waals surface area contributed by atoms with Gasteiger partial charge in [-0.05, 0) is 32.0 Å². The van der Waals surface area contributed by atoms with Crippen molar-refractivity contribution in [1.29, 1.82) is 0 Å². The smallest absolute Gasteiger partial charge is 0.261 e. The average molecular weight is 284 g/mol. The van der Waals surface area contributed by atoms with Crippen LogP contribution in [0.3, 0.4) is 0 Å². The SMILES string of the molecule is CC(C)N1Cc2cc(Br)ccc2OCC1=O. The molecule has 0 spiro atoms. The van der Waals surface area contributed by atoms with Crippen molar-refractivity contribution in [3.05, 3.63) is 28.2 Å². The molecular weight excluding hydrogens is 270 g/mol. The van der Waals surface area contributed by atoms with Gasteiger partial charge in [-0.1, -0.05) is 15.9 Å². The third kappa shape index (κ3) is 2.21. The molecule has 0 atom stereocenters. The second-order valence-electron chi connectivity index (χ2n) is 4.16. The molecule has 0 saturated heterocycles. The number of nitrogens with zero attached hydrogens (tertiary/aromatic N) is 1. The molecule has 2 rings (SSSR count). The fourth-order valence-corrected chi connectivity index (χ4v) is 2.19. The summed E-state index contributed by atoms with van der Waals surface area (Å²) < 4.78 is 6.49. The first-order valence-electron chi connectivity index (χ1n) is 5.28. The summed E-state index contributed by atoms with van der Waals surface area (Å²) >= 11 is 3.43. The van der Waals surface area contributed by atoms with Crippen molar-refractivity contribution < 1.29 is 9.53 Å². The van der Waals surface area contributed by atoms with Gasteiger partial charge < -0.3 is 9.64 Å². The van der Waals surface area contributed by atoms with Crippen molar-refractivity contribution >= 4 is 21.8 Å². The van der Waals surface area contributed by atoms with E-state index < -0.39 is 0 Å². The second kappa shape index (κ2) is 4.45. The lowest BCUT2D eigenvalue weighted by molar-refractivity contribution is -0.134. The maximum atomic E-state index is 11.8. The first kappa shape index (κ1) is 11.5. The van der Waals surface area contributed by atoms with E-state index >= 15 is 0 Å². The molecule has 0 radical (unpaired) electrons. The van der Waals surface area contributed by atoms with Crippen LogP contribution in [0.15, 0.2) is 22.7 Å². The lowest BCUT2D eigenvalue weighted by Gasteiger charge is -2.24. The van der Waals surface area contributed by atoms with Crippen LogP contribution >= 0.6 is 15.9 Å². The Labute approximate surface area is 104 Å². The van der Waals surface area contributed by atoms with Crippen LogP contribution in [0.1, 0.15) is 19.4 Å². The van der Waals surface area contributed by atoms with Crippen molar-refractivity contribution in [2.45, 2.75) is 26.4 Å². The summed E-state index contributed by atoms with van der Waals surface area (Å²) in [5.41, 5.74) is 1.05. The van der Waals surface area contributed by atoms with Crippen LogP contribution in [0.4, 0.5) is 0 Å². The van der Waals surface area contributed by atoms with Crippen molar-refractivity contribution in [2.24, 2.45) is 0 Å². The Hall–Kier alpha value is -1.03. The zero-order valence-corrected chi connectivity index (χ0v) is 11.0. The fraction of sp³-hybridized carbons (Fsp3) is 0.417. The van der Waals surface area contributed by atoms with Crippen molar-refractivity contribution in [3.63, 3.8) is 0 Å². The van der Waals surface area contributed by atoms with Crippen molar-refractivity contribution in [3.8, 4) is 5.75 Å². The Balaban J connectivity index is 2.35. The molecule has 0 saturated carbocycles. The minimum Gasteiger partial charge on any atom is -0.483 e. The molecule has 0 bridgehead atoms. The van der Waals surface area contributed by atoms with Gasteiger partial charge in [0.05, 0.1) is 0 Å². The molecule has 3 nitrogen and oxygen atoms in total. The van der Waals surface area contributed by atoms with Gasteiger partial charge in [-0.15, -0.1) is 0 Å². The third-order valence-corrected chi connectivity index (χ3v) is 3.15. The molecule has 0 N–H and O–H groups in total. The van der Waals surface area contributed by atoms with Gasteiger partial charge in [0, 0.05) is 22.6 Å². The second-order valence-corrected chi connectivity index (χ2v) is 5.07. The minimum atomic E-state index is 0.0438. The molecule has 16 heavy (non-hydrogen) atoms. The molecule has 0 fully saturated rings. The Bertz CT molecular complexity index is 417. The van der Waals surface area contributed by atoms with Gasteiger partial charge >= 0.3 is 0 Å². The highest BCUT2D eigenvalue weighted by atomic mass is 79.9. The van der Waals surface area contributed by atoms with Crippen LogP contribution in [0.5, 0.6) is 5.75 Å². The Kier molecular flexibility index (Phi) is 3.19. The van der Waals surface area contributed by atoms with E-state index in [2.05, 4.69) is 15.9 Å². The highest BCUT2D eigenvalue weighted by molar-refractivity contribution is 9.10. The van der Waals surface area contributed by atoms with Gasteiger partial charge in [-0.3, -0.25) is 4.79 Å². The summed E-state index contributed by atoms with van der Waals surface area (Å²) in [6, 6.07) is 6.02. The van der Waals surface area contributed by atoms with Crippen molar-refractivity contribution in [1.82, 2.24) is 4.90 Å².